The van der Waals surface area contributed by atoms with Gasteiger partial charge in [-0.15, -0.1) is 0 Å². The minimum atomic E-state index is -1.15. The fraction of sp³-hybridized carbons (Fsp3) is 0.103. The van der Waals surface area contributed by atoms with Gasteiger partial charge in [0, 0.05) is 17.1 Å². The highest BCUT2D eigenvalue weighted by Gasteiger charge is 2.33. The molecule has 0 atom stereocenters. The molecular formula is C29H23N3O3S2. The molecule has 1 aliphatic rings. The number of carboxylic acids is 1. The first-order valence-corrected chi connectivity index (χ1v) is 12.6. The van der Waals surface area contributed by atoms with Crippen molar-refractivity contribution in [3.8, 4) is 6.07 Å². The molecule has 0 unspecified atom stereocenters. The summed E-state index contributed by atoms with van der Waals surface area (Å²) >= 11 is 6.11. The number of carbonyl (C=O) groups is 2. The van der Waals surface area contributed by atoms with Crippen LogP contribution < -0.4 is 4.90 Å². The number of aryl methyl sites for hydroxylation is 2. The third-order valence-electron chi connectivity index (χ3n) is 5.64. The lowest BCUT2D eigenvalue weighted by molar-refractivity contribution is -0.140. The average Bonchev–Trinajstić information content (AvgIpc) is 3.14. The van der Waals surface area contributed by atoms with E-state index in [4.69, 9.17) is 17.3 Å². The van der Waals surface area contributed by atoms with Crippen molar-refractivity contribution < 1.29 is 14.7 Å². The number of thioether (sulfide) groups is 1. The number of hydrogen-bond donors (Lipinski definition) is 1. The zero-order valence-electron chi connectivity index (χ0n) is 20.2. The first-order valence-electron chi connectivity index (χ1n) is 11.4. The highest BCUT2D eigenvalue weighted by molar-refractivity contribution is 8.26. The molecule has 184 valence electrons. The van der Waals surface area contributed by atoms with E-state index >= 15 is 0 Å². The van der Waals surface area contributed by atoms with Crippen LogP contribution in [0, 0.1) is 25.2 Å². The highest BCUT2D eigenvalue weighted by atomic mass is 32.2. The number of thiocarbonyl (C=S) groups is 1. The normalized spacial score (nSPS) is 14.7. The van der Waals surface area contributed by atoms with Crippen LogP contribution in [-0.4, -0.2) is 32.7 Å². The summed E-state index contributed by atoms with van der Waals surface area (Å²) in [6.45, 7) is 3.60. The molecule has 0 saturated carbocycles. The summed E-state index contributed by atoms with van der Waals surface area (Å²) < 4.78 is 0.160. The molecular weight excluding hydrogens is 502 g/mol. The molecule has 0 radical (unpaired) electrons. The maximum atomic E-state index is 12.5. The van der Waals surface area contributed by atoms with Gasteiger partial charge >= 0.3 is 5.97 Å². The third-order valence-corrected chi connectivity index (χ3v) is 7.02. The van der Waals surface area contributed by atoms with Gasteiger partial charge in [0.2, 0.25) is 0 Å². The third kappa shape index (κ3) is 6.15. The first-order chi connectivity index (χ1) is 17.7. The fourth-order valence-corrected chi connectivity index (χ4v) is 5.00. The van der Waals surface area contributed by atoms with Crippen molar-refractivity contribution >= 4 is 63.3 Å². The predicted octanol–water partition coefficient (Wildman–Crippen LogP) is 6.51. The number of nitrogens with zero attached hydrogens (tertiary/aromatic N) is 3. The van der Waals surface area contributed by atoms with Gasteiger partial charge in [-0.2, -0.15) is 5.26 Å². The van der Waals surface area contributed by atoms with Crippen LogP contribution in [0.1, 0.15) is 16.7 Å². The lowest BCUT2D eigenvalue weighted by Gasteiger charge is -2.25. The SMILES string of the molecule is Cc1ccc(N(c2ccc(C)cc2)c2ccc(/C=C(C#N)\C=C3\SC(=S)N(CC(=O)O)C3=O)cc2)cc1. The number of aliphatic carboxylic acids is 1. The molecule has 1 fully saturated rings. The second-order valence-electron chi connectivity index (χ2n) is 8.47. The number of carbonyl (C=O) groups excluding carboxylic acids is 1. The minimum absolute atomic E-state index is 0.160. The number of rotatable bonds is 7. The van der Waals surface area contributed by atoms with Gasteiger partial charge in [-0.25, -0.2) is 0 Å². The Labute approximate surface area is 225 Å². The first kappa shape index (κ1) is 25.9. The van der Waals surface area contributed by atoms with Crippen molar-refractivity contribution in [1.29, 1.82) is 5.26 Å². The van der Waals surface area contributed by atoms with Crippen molar-refractivity contribution in [2.45, 2.75) is 13.8 Å². The number of allylic oxidation sites excluding steroid dienone is 2. The van der Waals surface area contributed by atoms with Crippen molar-refractivity contribution in [1.82, 2.24) is 4.90 Å². The Bertz CT molecular complexity index is 1410. The summed E-state index contributed by atoms with van der Waals surface area (Å²) in [5.74, 6) is -1.67. The van der Waals surface area contributed by atoms with Crippen LogP contribution in [0.3, 0.4) is 0 Å². The van der Waals surface area contributed by atoms with Gasteiger partial charge in [-0.1, -0.05) is 71.5 Å². The van der Waals surface area contributed by atoms with Gasteiger partial charge in [-0.3, -0.25) is 14.5 Å². The molecule has 6 nitrogen and oxygen atoms in total. The lowest BCUT2D eigenvalue weighted by atomic mass is 10.1. The van der Waals surface area contributed by atoms with Gasteiger partial charge in [0.15, 0.2) is 0 Å². The molecule has 1 N–H and O–H groups in total. The number of amides is 1. The minimum Gasteiger partial charge on any atom is -0.480 e. The van der Waals surface area contributed by atoms with Crippen LogP contribution in [0.2, 0.25) is 0 Å². The Morgan fingerprint density at radius 1 is 0.973 bits per heavy atom. The molecule has 3 aromatic carbocycles. The molecule has 0 bridgehead atoms. The molecule has 1 saturated heterocycles. The summed E-state index contributed by atoms with van der Waals surface area (Å²) in [6.07, 6.45) is 3.12. The van der Waals surface area contributed by atoms with Crippen LogP contribution in [0.4, 0.5) is 17.1 Å². The monoisotopic (exact) mass is 525 g/mol. The second-order valence-corrected chi connectivity index (χ2v) is 10.1. The van der Waals surface area contributed by atoms with Crippen molar-refractivity contribution in [2.75, 3.05) is 11.4 Å². The molecule has 1 aliphatic heterocycles. The van der Waals surface area contributed by atoms with Crippen LogP contribution >= 0.6 is 24.0 Å². The maximum Gasteiger partial charge on any atom is 0.323 e. The summed E-state index contributed by atoms with van der Waals surface area (Å²) in [6, 6.07) is 26.5. The number of hydrogen-bond acceptors (Lipinski definition) is 6. The van der Waals surface area contributed by atoms with Crippen molar-refractivity contribution in [3.63, 3.8) is 0 Å². The Morgan fingerprint density at radius 2 is 1.46 bits per heavy atom. The van der Waals surface area contributed by atoms with Gasteiger partial charge in [-0.05, 0) is 68.0 Å². The number of benzene rings is 3. The molecule has 1 heterocycles. The van der Waals surface area contributed by atoms with Crippen molar-refractivity contribution in [2.24, 2.45) is 0 Å². The van der Waals surface area contributed by atoms with E-state index in [1.165, 1.54) is 17.2 Å². The van der Waals surface area contributed by atoms with Gasteiger partial charge in [0.05, 0.1) is 16.5 Å². The molecule has 0 aliphatic carbocycles. The summed E-state index contributed by atoms with van der Waals surface area (Å²) in [5.41, 5.74) is 6.41. The van der Waals surface area contributed by atoms with E-state index in [1.54, 1.807) is 6.08 Å². The molecule has 8 heteroatoms. The number of carboxylic acid groups (broad SMARTS) is 1. The molecule has 0 spiro atoms. The zero-order valence-corrected chi connectivity index (χ0v) is 21.8. The Hall–Kier alpha value is -4.19. The average molecular weight is 526 g/mol. The highest BCUT2D eigenvalue weighted by Crippen LogP contribution is 2.35. The van der Waals surface area contributed by atoms with Crippen LogP contribution in [-0.2, 0) is 9.59 Å². The van der Waals surface area contributed by atoms with E-state index in [9.17, 15) is 14.9 Å². The van der Waals surface area contributed by atoms with E-state index in [0.29, 0.717) is 0 Å². The Morgan fingerprint density at radius 3 is 1.92 bits per heavy atom. The molecule has 3 aromatic rings. The van der Waals surface area contributed by atoms with Gasteiger partial charge in [0.1, 0.15) is 10.9 Å². The standard InChI is InChI=1S/C29H23N3O3S2/c1-19-3-9-23(10-4-19)32(24-11-5-20(2)6-12-24)25-13-7-21(8-14-25)15-22(17-30)16-26-28(35)31(18-27(33)34)29(36)37-26/h3-16H,18H2,1-2H3,(H,33,34)/b22-15+,26-16+. The van der Waals surface area contributed by atoms with Crippen LogP contribution in [0.5, 0.6) is 0 Å². The van der Waals surface area contributed by atoms with Crippen LogP contribution in [0.25, 0.3) is 6.08 Å². The zero-order chi connectivity index (χ0) is 26.5. The van der Waals surface area contributed by atoms with E-state index in [2.05, 4.69) is 73.3 Å². The van der Waals surface area contributed by atoms with Crippen molar-refractivity contribution in [3.05, 3.63) is 106 Å². The van der Waals surface area contributed by atoms with E-state index in [1.807, 2.05) is 24.3 Å². The smallest absolute Gasteiger partial charge is 0.323 e. The Balaban J connectivity index is 1.63. The lowest BCUT2D eigenvalue weighted by Crippen LogP contribution is -2.33. The van der Waals surface area contributed by atoms with Gasteiger partial charge in [0.25, 0.3) is 5.91 Å². The number of anilines is 3. The predicted molar refractivity (Wildman–Crippen MR) is 152 cm³/mol. The topological polar surface area (TPSA) is 84.6 Å². The quantitative estimate of drug-likeness (QED) is 0.214. The molecule has 1 amide bonds. The van der Waals surface area contributed by atoms with Crippen LogP contribution in [0.15, 0.2) is 89.4 Å². The number of nitriles is 1. The summed E-state index contributed by atoms with van der Waals surface area (Å²) in [4.78, 5) is 26.9. The van der Waals surface area contributed by atoms with E-state index in [0.717, 1.165) is 39.3 Å². The largest absolute Gasteiger partial charge is 0.480 e. The molecule has 37 heavy (non-hydrogen) atoms. The Kier molecular flexibility index (Phi) is 7.87. The van der Waals surface area contributed by atoms with E-state index < -0.39 is 18.4 Å². The summed E-state index contributed by atoms with van der Waals surface area (Å²) in [7, 11) is 0. The summed E-state index contributed by atoms with van der Waals surface area (Å²) in [5, 5.41) is 18.7. The maximum absolute atomic E-state index is 12.5. The van der Waals surface area contributed by atoms with Gasteiger partial charge < -0.3 is 10.0 Å². The molecule has 4 rings (SSSR count). The van der Waals surface area contributed by atoms with E-state index in [-0.39, 0.29) is 14.8 Å². The fourth-order valence-electron chi connectivity index (χ4n) is 3.75. The second kappa shape index (κ2) is 11.2. The molecule has 0 aromatic heterocycles.